The molecule has 0 heterocycles. The second-order valence-electron chi connectivity index (χ2n) is 4.26. The third-order valence-electron chi connectivity index (χ3n) is 1.26. The number of aliphatic hydroxyl groups is 2. The molecule has 0 radical (unpaired) electrons. The van der Waals surface area contributed by atoms with Gasteiger partial charge in [0.1, 0.15) is 0 Å². The van der Waals surface area contributed by atoms with E-state index in [-0.39, 0.29) is 18.7 Å². The SMILES string of the molecule is CC(C)(O)CC(=O)O.CC(N)=O.CCC(O)C(=O)O. The van der Waals surface area contributed by atoms with E-state index in [1.165, 1.54) is 20.8 Å². The van der Waals surface area contributed by atoms with Crippen LogP contribution in [0.1, 0.15) is 40.5 Å². The Hall–Kier alpha value is -1.67. The number of amides is 1. The summed E-state index contributed by atoms with van der Waals surface area (Å²) in [7, 11) is 0. The summed E-state index contributed by atoms with van der Waals surface area (Å²) in [5.41, 5.74) is 3.39. The number of carbonyl (C=O) groups is 3. The molecule has 0 saturated heterocycles. The van der Waals surface area contributed by atoms with Crippen molar-refractivity contribution in [3.8, 4) is 0 Å². The van der Waals surface area contributed by atoms with E-state index in [1.807, 2.05) is 0 Å². The minimum absolute atomic E-state index is 0.201. The van der Waals surface area contributed by atoms with Gasteiger partial charge in [-0.25, -0.2) is 4.79 Å². The zero-order valence-electron chi connectivity index (χ0n) is 11.6. The van der Waals surface area contributed by atoms with Crippen LogP contribution in [0.5, 0.6) is 0 Å². The van der Waals surface area contributed by atoms with Gasteiger partial charge >= 0.3 is 11.9 Å². The molecule has 0 aromatic carbocycles. The normalized spacial score (nSPS) is 11.1. The molecule has 19 heavy (non-hydrogen) atoms. The van der Waals surface area contributed by atoms with Crippen LogP contribution in [0.25, 0.3) is 0 Å². The minimum atomic E-state index is -1.18. The summed E-state index contributed by atoms with van der Waals surface area (Å²) in [6.07, 6.45) is -1.11. The second kappa shape index (κ2) is 11.4. The third kappa shape index (κ3) is 38.5. The van der Waals surface area contributed by atoms with E-state index in [4.69, 9.17) is 20.4 Å². The first kappa shape index (κ1) is 22.5. The van der Waals surface area contributed by atoms with Crippen molar-refractivity contribution in [3.05, 3.63) is 0 Å². The molecule has 114 valence electrons. The molecule has 0 aromatic rings. The lowest BCUT2D eigenvalue weighted by Crippen LogP contribution is -2.22. The van der Waals surface area contributed by atoms with Crippen LogP contribution >= 0.6 is 0 Å². The quantitative estimate of drug-likeness (QED) is 0.467. The van der Waals surface area contributed by atoms with E-state index >= 15 is 0 Å². The van der Waals surface area contributed by atoms with Crippen molar-refractivity contribution in [2.24, 2.45) is 5.73 Å². The maximum absolute atomic E-state index is 9.85. The number of aliphatic hydroxyl groups excluding tert-OH is 1. The maximum Gasteiger partial charge on any atom is 0.332 e. The van der Waals surface area contributed by atoms with E-state index < -0.39 is 23.6 Å². The van der Waals surface area contributed by atoms with Gasteiger partial charge < -0.3 is 26.2 Å². The molecule has 6 N–H and O–H groups in total. The van der Waals surface area contributed by atoms with E-state index in [0.29, 0.717) is 0 Å². The standard InChI is InChI=1S/C5H10O3.C4H8O3.C2H5NO/c1-5(2,8)3-4(6)7;1-2-3(5)4(6)7;1-2(3)4/h8H,3H2,1-2H3,(H,6,7);3,5H,2H2,1H3,(H,6,7);1H3,(H2,3,4). The highest BCUT2D eigenvalue weighted by Crippen LogP contribution is 2.05. The van der Waals surface area contributed by atoms with Crippen molar-refractivity contribution < 1.29 is 34.8 Å². The number of nitrogens with two attached hydrogens (primary N) is 1. The molecule has 0 fully saturated rings. The smallest absolute Gasteiger partial charge is 0.332 e. The van der Waals surface area contributed by atoms with Gasteiger partial charge in [0.15, 0.2) is 6.10 Å². The van der Waals surface area contributed by atoms with E-state index in [9.17, 15) is 14.4 Å². The zero-order chi connectivity index (χ0) is 16.2. The lowest BCUT2D eigenvalue weighted by atomic mass is 10.1. The predicted molar refractivity (Wildman–Crippen MR) is 67.4 cm³/mol. The van der Waals surface area contributed by atoms with Crippen LogP contribution in [-0.4, -0.2) is 50.0 Å². The van der Waals surface area contributed by atoms with Crippen molar-refractivity contribution >= 4 is 17.8 Å². The third-order valence-corrected chi connectivity index (χ3v) is 1.26. The van der Waals surface area contributed by atoms with Gasteiger partial charge in [0.05, 0.1) is 12.0 Å². The molecular weight excluding hydrogens is 258 g/mol. The Kier molecular flexibility index (Phi) is 13.5. The largest absolute Gasteiger partial charge is 0.481 e. The van der Waals surface area contributed by atoms with Crippen LogP contribution in [0.4, 0.5) is 0 Å². The maximum atomic E-state index is 9.85. The average Bonchev–Trinajstić information content (AvgIpc) is 2.12. The molecule has 0 aliphatic heterocycles. The summed E-state index contributed by atoms with van der Waals surface area (Å²) in [5.74, 6) is -2.46. The Morgan fingerprint density at radius 1 is 1.21 bits per heavy atom. The Bertz CT molecular complexity index is 279. The van der Waals surface area contributed by atoms with E-state index in [0.717, 1.165) is 0 Å². The van der Waals surface area contributed by atoms with Gasteiger partial charge in [0, 0.05) is 6.92 Å². The van der Waals surface area contributed by atoms with Gasteiger partial charge in [-0.05, 0) is 20.3 Å². The monoisotopic (exact) mass is 281 g/mol. The van der Waals surface area contributed by atoms with Gasteiger partial charge in [-0.3, -0.25) is 9.59 Å². The molecule has 8 nitrogen and oxygen atoms in total. The van der Waals surface area contributed by atoms with Crippen LogP contribution in [-0.2, 0) is 14.4 Å². The first-order valence-electron chi connectivity index (χ1n) is 5.44. The van der Waals surface area contributed by atoms with Crippen LogP contribution in [0.2, 0.25) is 0 Å². The molecule has 0 rings (SSSR count). The van der Waals surface area contributed by atoms with E-state index in [1.54, 1.807) is 6.92 Å². The fourth-order valence-corrected chi connectivity index (χ4v) is 0.545. The summed E-state index contributed by atoms with van der Waals surface area (Å²) < 4.78 is 0. The van der Waals surface area contributed by atoms with Crippen LogP contribution in [0, 0.1) is 0 Å². The Balaban J connectivity index is -0.000000214. The highest BCUT2D eigenvalue weighted by molar-refractivity contribution is 5.71. The molecule has 0 aliphatic carbocycles. The molecule has 8 heteroatoms. The van der Waals surface area contributed by atoms with Crippen molar-refractivity contribution in [3.63, 3.8) is 0 Å². The topological polar surface area (TPSA) is 158 Å². The predicted octanol–water partition coefficient (Wildman–Crippen LogP) is -0.434. The van der Waals surface area contributed by atoms with Crippen molar-refractivity contribution in [2.75, 3.05) is 0 Å². The molecule has 0 spiro atoms. The number of carboxylic acid groups (broad SMARTS) is 2. The minimum Gasteiger partial charge on any atom is -0.481 e. The molecule has 0 bridgehead atoms. The van der Waals surface area contributed by atoms with Crippen molar-refractivity contribution in [1.82, 2.24) is 0 Å². The van der Waals surface area contributed by atoms with Crippen molar-refractivity contribution in [2.45, 2.75) is 52.2 Å². The van der Waals surface area contributed by atoms with Gasteiger partial charge in [-0.2, -0.15) is 0 Å². The number of rotatable bonds is 4. The Labute approximate surface area is 111 Å². The molecule has 0 saturated carbocycles. The lowest BCUT2D eigenvalue weighted by molar-refractivity contribution is -0.146. The number of primary amides is 1. The average molecular weight is 281 g/mol. The van der Waals surface area contributed by atoms with Gasteiger partial charge in [-0.15, -0.1) is 0 Å². The number of carboxylic acids is 2. The number of hydrogen-bond donors (Lipinski definition) is 5. The summed E-state index contributed by atoms with van der Waals surface area (Å²) in [4.78, 5) is 28.8. The summed E-state index contributed by atoms with van der Waals surface area (Å²) in [5, 5.41) is 33.2. The molecule has 0 aromatic heterocycles. The van der Waals surface area contributed by atoms with Gasteiger partial charge in [0.25, 0.3) is 0 Å². The summed E-state index contributed by atoms with van der Waals surface area (Å²) in [6.45, 7) is 5.83. The fraction of sp³-hybridized carbons (Fsp3) is 0.727. The van der Waals surface area contributed by atoms with Gasteiger partial charge in [-0.1, -0.05) is 6.92 Å². The highest BCUT2D eigenvalue weighted by atomic mass is 16.4. The van der Waals surface area contributed by atoms with Crippen LogP contribution < -0.4 is 5.73 Å². The summed E-state index contributed by atoms with van der Waals surface area (Å²) >= 11 is 0. The fourth-order valence-electron chi connectivity index (χ4n) is 0.545. The number of carbonyl (C=O) groups excluding carboxylic acids is 1. The number of hydrogen-bond acceptors (Lipinski definition) is 5. The Morgan fingerprint density at radius 3 is 1.53 bits per heavy atom. The van der Waals surface area contributed by atoms with Crippen LogP contribution in [0.3, 0.4) is 0 Å². The second-order valence-corrected chi connectivity index (χ2v) is 4.26. The number of aliphatic carboxylic acids is 2. The van der Waals surface area contributed by atoms with Crippen LogP contribution in [0.15, 0.2) is 0 Å². The zero-order valence-corrected chi connectivity index (χ0v) is 11.6. The first-order chi connectivity index (χ1) is 8.33. The summed E-state index contributed by atoms with van der Waals surface area (Å²) in [6, 6.07) is 0. The van der Waals surface area contributed by atoms with Gasteiger partial charge in [0.2, 0.25) is 5.91 Å². The molecule has 1 amide bonds. The molecule has 1 unspecified atom stereocenters. The lowest BCUT2D eigenvalue weighted by Gasteiger charge is -2.12. The first-order valence-corrected chi connectivity index (χ1v) is 5.44. The molecular formula is C11H23NO7. The molecule has 1 atom stereocenters. The Morgan fingerprint density at radius 2 is 1.53 bits per heavy atom. The van der Waals surface area contributed by atoms with E-state index in [2.05, 4.69) is 5.73 Å². The molecule has 0 aliphatic rings. The van der Waals surface area contributed by atoms with Crippen molar-refractivity contribution in [1.29, 1.82) is 0 Å². The highest BCUT2D eigenvalue weighted by Gasteiger charge is 2.16.